The van der Waals surface area contributed by atoms with Crippen LogP contribution >= 0.6 is 0 Å². The third-order valence-corrected chi connectivity index (χ3v) is 3.12. The van der Waals surface area contributed by atoms with Gasteiger partial charge in [0.1, 0.15) is 0 Å². The molecule has 1 aliphatic rings. The molecular weight excluding hydrogens is 214 g/mol. The molecule has 2 N–H and O–H groups in total. The fourth-order valence-corrected chi connectivity index (χ4v) is 2.21. The molecule has 0 spiro atoms. The smallest absolute Gasteiger partial charge is 0.214 e. The summed E-state index contributed by atoms with van der Waals surface area (Å²) in [6, 6.07) is 10.1. The molecule has 0 saturated carbocycles. The standard InChI is InChI=1S/C13H15N3O/c17-13-11-8-14-7-6-12(11)15-16(13)9-10-4-2-1-3-5-10/h1-5,14,17H,6-9H2. The van der Waals surface area contributed by atoms with Crippen molar-refractivity contribution in [2.45, 2.75) is 19.5 Å². The minimum Gasteiger partial charge on any atom is -0.493 e. The molecule has 0 fully saturated rings. The molecular formula is C13H15N3O. The van der Waals surface area contributed by atoms with Gasteiger partial charge in [0.15, 0.2) is 0 Å². The van der Waals surface area contributed by atoms with Gasteiger partial charge in [0.2, 0.25) is 5.88 Å². The normalized spacial score (nSPS) is 14.6. The highest BCUT2D eigenvalue weighted by Gasteiger charge is 2.19. The molecule has 2 heterocycles. The van der Waals surface area contributed by atoms with Crippen molar-refractivity contribution < 1.29 is 5.11 Å². The molecule has 0 saturated heterocycles. The zero-order valence-electron chi connectivity index (χ0n) is 9.56. The van der Waals surface area contributed by atoms with E-state index >= 15 is 0 Å². The molecule has 3 rings (SSSR count). The zero-order valence-corrected chi connectivity index (χ0v) is 9.56. The fourth-order valence-electron chi connectivity index (χ4n) is 2.21. The molecule has 1 aliphatic heterocycles. The van der Waals surface area contributed by atoms with Crippen molar-refractivity contribution in [1.82, 2.24) is 15.1 Å². The van der Waals surface area contributed by atoms with Crippen molar-refractivity contribution in [2.75, 3.05) is 6.54 Å². The molecule has 0 unspecified atom stereocenters. The highest BCUT2D eigenvalue weighted by molar-refractivity contribution is 5.33. The van der Waals surface area contributed by atoms with Crippen LogP contribution in [0.1, 0.15) is 16.8 Å². The van der Waals surface area contributed by atoms with Crippen LogP contribution in [0.15, 0.2) is 30.3 Å². The first kappa shape index (κ1) is 10.4. The molecule has 1 aromatic heterocycles. The van der Waals surface area contributed by atoms with Crippen LogP contribution < -0.4 is 5.32 Å². The Morgan fingerprint density at radius 3 is 2.88 bits per heavy atom. The number of benzene rings is 1. The van der Waals surface area contributed by atoms with Crippen LogP contribution in [0.2, 0.25) is 0 Å². The first-order chi connectivity index (χ1) is 8.34. The lowest BCUT2D eigenvalue weighted by atomic mass is 10.1. The number of aromatic nitrogens is 2. The number of hydrogen-bond donors (Lipinski definition) is 2. The summed E-state index contributed by atoms with van der Waals surface area (Å²) in [4.78, 5) is 0. The summed E-state index contributed by atoms with van der Waals surface area (Å²) in [6.07, 6.45) is 0.894. The van der Waals surface area contributed by atoms with E-state index in [0.29, 0.717) is 12.4 Å². The van der Waals surface area contributed by atoms with Gasteiger partial charge in [-0.2, -0.15) is 5.10 Å². The second-order valence-corrected chi connectivity index (χ2v) is 4.32. The van der Waals surface area contributed by atoms with E-state index in [1.165, 1.54) is 0 Å². The van der Waals surface area contributed by atoms with Crippen LogP contribution in [-0.2, 0) is 19.5 Å². The van der Waals surface area contributed by atoms with Crippen molar-refractivity contribution in [3.8, 4) is 5.88 Å². The number of nitrogens with one attached hydrogen (secondary N) is 1. The van der Waals surface area contributed by atoms with Crippen molar-refractivity contribution in [3.05, 3.63) is 47.2 Å². The average molecular weight is 229 g/mol. The monoisotopic (exact) mass is 229 g/mol. The lowest BCUT2D eigenvalue weighted by Gasteiger charge is -2.10. The summed E-state index contributed by atoms with van der Waals surface area (Å²) >= 11 is 0. The molecule has 4 heteroatoms. The van der Waals surface area contributed by atoms with E-state index in [2.05, 4.69) is 10.4 Å². The average Bonchev–Trinajstić information content (AvgIpc) is 2.68. The van der Waals surface area contributed by atoms with Crippen molar-refractivity contribution in [2.24, 2.45) is 0 Å². The summed E-state index contributed by atoms with van der Waals surface area (Å²) in [7, 11) is 0. The van der Waals surface area contributed by atoms with Crippen LogP contribution in [-0.4, -0.2) is 21.4 Å². The lowest BCUT2D eigenvalue weighted by molar-refractivity contribution is 0.403. The third kappa shape index (κ3) is 1.91. The molecule has 0 amide bonds. The number of aromatic hydroxyl groups is 1. The Balaban J connectivity index is 1.91. The molecule has 0 atom stereocenters. The maximum absolute atomic E-state index is 10.1. The lowest BCUT2D eigenvalue weighted by Crippen LogP contribution is -2.22. The van der Waals surface area contributed by atoms with Crippen molar-refractivity contribution in [3.63, 3.8) is 0 Å². The Kier molecular flexibility index (Phi) is 2.57. The predicted octanol–water partition coefficient (Wildman–Crippen LogP) is 1.28. The van der Waals surface area contributed by atoms with Gasteiger partial charge in [0, 0.05) is 19.5 Å². The fraction of sp³-hybridized carbons (Fsp3) is 0.308. The molecule has 0 bridgehead atoms. The van der Waals surface area contributed by atoms with Gasteiger partial charge in [0.25, 0.3) is 0 Å². The second kappa shape index (κ2) is 4.22. The van der Waals surface area contributed by atoms with Crippen LogP contribution in [0.4, 0.5) is 0 Å². The van der Waals surface area contributed by atoms with E-state index in [-0.39, 0.29) is 0 Å². The van der Waals surface area contributed by atoms with E-state index in [4.69, 9.17) is 0 Å². The van der Waals surface area contributed by atoms with Gasteiger partial charge in [0.05, 0.1) is 17.8 Å². The highest BCUT2D eigenvalue weighted by Crippen LogP contribution is 2.24. The molecule has 0 radical (unpaired) electrons. The first-order valence-corrected chi connectivity index (χ1v) is 5.87. The molecule has 4 nitrogen and oxygen atoms in total. The van der Waals surface area contributed by atoms with Crippen LogP contribution in [0.25, 0.3) is 0 Å². The van der Waals surface area contributed by atoms with Crippen LogP contribution in [0, 0.1) is 0 Å². The maximum Gasteiger partial charge on any atom is 0.214 e. The Morgan fingerprint density at radius 1 is 1.29 bits per heavy atom. The van der Waals surface area contributed by atoms with E-state index < -0.39 is 0 Å². The van der Waals surface area contributed by atoms with Gasteiger partial charge in [-0.15, -0.1) is 0 Å². The van der Waals surface area contributed by atoms with E-state index in [0.717, 1.165) is 36.3 Å². The van der Waals surface area contributed by atoms with E-state index in [1.807, 2.05) is 30.3 Å². The van der Waals surface area contributed by atoms with E-state index in [1.54, 1.807) is 4.68 Å². The summed E-state index contributed by atoms with van der Waals surface area (Å²) in [5.41, 5.74) is 3.12. The van der Waals surface area contributed by atoms with Gasteiger partial charge in [-0.3, -0.25) is 0 Å². The van der Waals surface area contributed by atoms with Crippen molar-refractivity contribution in [1.29, 1.82) is 0 Å². The summed E-state index contributed by atoms with van der Waals surface area (Å²) in [5, 5.41) is 17.8. The van der Waals surface area contributed by atoms with Gasteiger partial charge in [-0.25, -0.2) is 4.68 Å². The van der Waals surface area contributed by atoms with E-state index in [9.17, 15) is 5.11 Å². The summed E-state index contributed by atoms with van der Waals surface area (Å²) in [5.74, 6) is 0.302. The Hall–Kier alpha value is -1.81. The maximum atomic E-state index is 10.1. The Labute approximate surface area is 99.9 Å². The molecule has 0 aliphatic carbocycles. The van der Waals surface area contributed by atoms with Gasteiger partial charge in [-0.05, 0) is 5.56 Å². The van der Waals surface area contributed by atoms with Gasteiger partial charge in [-0.1, -0.05) is 30.3 Å². The number of rotatable bonds is 2. The van der Waals surface area contributed by atoms with Gasteiger partial charge < -0.3 is 10.4 Å². The van der Waals surface area contributed by atoms with Crippen LogP contribution in [0.5, 0.6) is 5.88 Å². The first-order valence-electron chi connectivity index (χ1n) is 5.87. The summed E-state index contributed by atoms with van der Waals surface area (Å²) in [6.45, 7) is 2.28. The predicted molar refractivity (Wildman–Crippen MR) is 64.8 cm³/mol. The minimum atomic E-state index is 0.302. The van der Waals surface area contributed by atoms with Crippen LogP contribution in [0.3, 0.4) is 0 Å². The highest BCUT2D eigenvalue weighted by atomic mass is 16.3. The van der Waals surface area contributed by atoms with Gasteiger partial charge >= 0.3 is 0 Å². The Morgan fingerprint density at radius 2 is 2.12 bits per heavy atom. The summed E-state index contributed by atoms with van der Waals surface area (Å²) < 4.78 is 1.69. The zero-order chi connectivity index (χ0) is 11.7. The number of fused-ring (bicyclic) bond motifs is 1. The topological polar surface area (TPSA) is 50.1 Å². The molecule has 2 aromatic rings. The molecule has 1 aromatic carbocycles. The second-order valence-electron chi connectivity index (χ2n) is 4.32. The SMILES string of the molecule is Oc1c2c(nn1Cc1ccccc1)CCNC2. The minimum absolute atomic E-state index is 0.302. The quantitative estimate of drug-likeness (QED) is 0.815. The third-order valence-electron chi connectivity index (χ3n) is 3.12. The Bertz CT molecular complexity index is 519. The largest absolute Gasteiger partial charge is 0.493 e. The molecule has 88 valence electrons. The number of nitrogens with zero attached hydrogens (tertiary/aromatic N) is 2. The number of hydrogen-bond acceptors (Lipinski definition) is 3. The molecule has 17 heavy (non-hydrogen) atoms. The van der Waals surface area contributed by atoms with Crippen molar-refractivity contribution >= 4 is 0 Å².